The first kappa shape index (κ1) is 19.3. The third-order valence-electron chi connectivity index (χ3n) is 4.38. The maximum atomic E-state index is 11.8. The topological polar surface area (TPSA) is 110 Å². The molecule has 146 valence electrons. The first-order chi connectivity index (χ1) is 12.7. The van der Waals surface area contributed by atoms with Crippen molar-refractivity contribution in [3.05, 3.63) is 17.3 Å². The Morgan fingerprint density at radius 2 is 2.04 bits per heavy atom. The van der Waals surface area contributed by atoms with Gasteiger partial charge in [-0.1, -0.05) is 0 Å². The molecular formula is C18H25N5O3S. The van der Waals surface area contributed by atoms with Crippen LogP contribution in [0.15, 0.2) is 12.4 Å². The Bertz CT molecular complexity index is 837. The number of rotatable bonds is 4. The van der Waals surface area contributed by atoms with E-state index in [9.17, 15) is 9.59 Å². The van der Waals surface area contributed by atoms with E-state index < -0.39 is 11.5 Å². The van der Waals surface area contributed by atoms with Crippen LogP contribution < -0.4 is 16.0 Å². The van der Waals surface area contributed by atoms with Crippen LogP contribution in [0.3, 0.4) is 0 Å². The second-order valence-electron chi connectivity index (χ2n) is 7.70. The number of hydrogen-bond acceptors (Lipinski definition) is 7. The summed E-state index contributed by atoms with van der Waals surface area (Å²) in [5.74, 6) is 0.794. The number of hydrogen-bond donors (Lipinski definition) is 2. The van der Waals surface area contributed by atoms with Crippen molar-refractivity contribution in [1.29, 1.82) is 0 Å². The lowest BCUT2D eigenvalue weighted by Gasteiger charge is -2.33. The third kappa shape index (κ3) is 4.85. The van der Waals surface area contributed by atoms with E-state index in [1.165, 1.54) is 17.7 Å². The molecule has 1 aliphatic rings. The van der Waals surface area contributed by atoms with Crippen LogP contribution >= 0.6 is 11.3 Å². The molecule has 0 saturated carbocycles. The number of primary amides is 1. The van der Waals surface area contributed by atoms with Crippen molar-refractivity contribution in [2.75, 3.05) is 24.5 Å². The summed E-state index contributed by atoms with van der Waals surface area (Å²) in [5, 5.41) is 2.85. The van der Waals surface area contributed by atoms with E-state index in [0.717, 1.165) is 42.0 Å². The number of aromatic nitrogens is 2. The number of carbonyl (C=O) groups is 2. The van der Waals surface area contributed by atoms with Gasteiger partial charge in [-0.25, -0.2) is 14.8 Å². The quantitative estimate of drug-likeness (QED) is 0.829. The summed E-state index contributed by atoms with van der Waals surface area (Å²) >= 11 is 1.33. The van der Waals surface area contributed by atoms with Gasteiger partial charge in [-0.05, 0) is 45.6 Å². The highest BCUT2D eigenvalue weighted by atomic mass is 32.1. The minimum Gasteiger partial charge on any atom is -0.444 e. The lowest BCUT2D eigenvalue weighted by Crippen LogP contribution is -2.40. The van der Waals surface area contributed by atoms with Crippen LogP contribution in [0.2, 0.25) is 0 Å². The van der Waals surface area contributed by atoms with Crippen molar-refractivity contribution < 1.29 is 14.3 Å². The predicted octanol–water partition coefficient (Wildman–Crippen LogP) is 2.53. The number of thiophene rings is 1. The smallest absolute Gasteiger partial charge is 0.407 e. The normalized spacial score (nSPS) is 15.7. The predicted molar refractivity (Wildman–Crippen MR) is 105 cm³/mol. The zero-order valence-corrected chi connectivity index (χ0v) is 16.6. The van der Waals surface area contributed by atoms with Crippen molar-refractivity contribution >= 4 is 39.4 Å². The Kier molecular flexibility index (Phi) is 5.50. The van der Waals surface area contributed by atoms with Crippen molar-refractivity contribution in [2.24, 2.45) is 11.7 Å². The summed E-state index contributed by atoms with van der Waals surface area (Å²) in [4.78, 5) is 34.6. The van der Waals surface area contributed by atoms with E-state index in [4.69, 9.17) is 10.5 Å². The Labute approximate surface area is 162 Å². The van der Waals surface area contributed by atoms with Crippen LogP contribution in [-0.2, 0) is 4.74 Å². The lowest BCUT2D eigenvalue weighted by atomic mass is 9.97. The molecule has 9 heteroatoms. The number of alkyl carbamates (subject to hydrolysis) is 1. The molecule has 0 bridgehead atoms. The van der Waals surface area contributed by atoms with E-state index >= 15 is 0 Å². The van der Waals surface area contributed by atoms with Gasteiger partial charge in [0, 0.05) is 19.6 Å². The molecule has 2 amide bonds. The average molecular weight is 391 g/mol. The van der Waals surface area contributed by atoms with Crippen LogP contribution in [0.1, 0.15) is 43.3 Å². The fraction of sp³-hybridized carbons (Fsp3) is 0.556. The van der Waals surface area contributed by atoms with Crippen LogP contribution in [0.25, 0.3) is 10.2 Å². The first-order valence-corrected chi connectivity index (χ1v) is 9.81. The zero-order valence-electron chi connectivity index (χ0n) is 15.8. The van der Waals surface area contributed by atoms with Crippen molar-refractivity contribution in [2.45, 2.75) is 39.2 Å². The van der Waals surface area contributed by atoms with Gasteiger partial charge < -0.3 is 20.7 Å². The summed E-state index contributed by atoms with van der Waals surface area (Å²) in [7, 11) is 0. The second-order valence-corrected chi connectivity index (χ2v) is 8.75. The standard InChI is InChI=1S/C18H25N5O3S/c1-18(2,3)26-17(25)20-9-11-4-6-23(7-5-11)16-14-12(21-10-22-16)8-13(27-14)15(19)24/h8,10-11H,4-7,9H2,1-3H3,(H2,19,24)(H,20,25). The van der Waals surface area contributed by atoms with Gasteiger partial charge in [-0.2, -0.15) is 0 Å². The van der Waals surface area contributed by atoms with Crippen LogP contribution in [0.4, 0.5) is 10.6 Å². The molecule has 0 aliphatic carbocycles. The second kappa shape index (κ2) is 7.67. The molecule has 1 fully saturated rings. The number of carbonyl (C=O) groups excluding carboxylic acids is 2. The van der Waals surface area contributed by atoms with Gasteiger partial charge in [0.1, 0.15) is 17.7 Å². The largest absolute Gasteiger partial charge is 0.444 e. The number of amides is 2. The molecule has 8 nitrogen and oxygen atoms in total. The summed E-state index contributed by atoms with van der Waals surface area (Å²) in [6.07, 6.45) is 3.02. The number of ether oxygens (including phenoxy) is 1. The minimum absolute atomic E-state index is 0.375. The van der Waals surface area contributed by atoms with Gasteiger partial charge in [-0.15, -0.1) is 11.3 Å². The summed E-state index contributed by atoms with van der Waals surface area (Å²) in [5.41, 5.74) is 5.64. The molecule has 3 N–H and O–H groups in total. The Morgan fingerprint density at radius 1 is 1.33 bits per heavy atom. The molecule has 0 spiro atoms. The first-order valence-electron chi connectivity index (χ1n) is 8.99. The molecule has 2 aromatic heterocycles. The number of nitrogens with one attached hydrogen (secondary N) is 1. The molecule has 0 aromatic carbocycles. The highest BCUT2D eigenvalue weighted by molar-refractivity contribution is 7.21. The van der Waals surface area contributed by atoms with Crippen LogP contribution in [-0.4, -0.2) is 47.2 Å². The van der Waals surface area contributed by atoms with E-state index in [2.05, 4.69) is 20.2 Å². The molecule has 1 saturated heterocycles. The van der Waals surface area contributed by atoms with Crippen molar-refractivity contribution in [1.82, 2.24) is 15.3 Å². The van der Waals surface area contributed by atoms with Crippen molar-refractivity contribution in [3.8, 4) is 0 Å². The van der Waals surface area contributed by atoms with Gasteiger partial charge in [0.05, 0.1) is 15.1 Å². The minimum atomic E-state index is -0.490. The number of anilines is 1. The van der Waals surface area contributed by atoms with Gasteiger partial charge >= 0.3 is 6.09 Å². The zero-order chi connectivity index (χ0) is 19.6. The maximum Gasteiger partial charge on any atom is 0.407 e. The molecule has 0 unspecified atom stereocenters. The third-order valence-corrected chi connectivity index (χ3v) is 5.52. The SMILES string of the molecule is CC(C)(C)OC(=O)NCC1CCN(c2ncnc3cc(C(N)=O)sc23)CC1. The van der Waals surface area contributed by atoms with Gasteiger partial charge in [0.15, 0.2) is 0 Å². The van der Waals surface area contributed by atoms with Crippen LogP contribution in [0.5, 0.6) is 0 Å². The summed E-state index contributed by atoms with van der Waals surface area (Å²) in [6, 6.07) is 1.71. The van der Waals surface area contributed by atoms with E-state index in [-0.39, 0.29) is 6.09 Å². The number of nitrogens with zero attached hydrogens (tertiary/aromatic N) is 3. The Balaban J connectivity index is 1.59. The summed E-state index contributed by atoms with van der Waals surface area (Å²) < 4.78 is 6.16. The molecular weight excluding hydrogens is 366 g/mol. The number of fused-ring (bicyclic) bond motifs is 1. The van der Waals surface area contributed by atoms with Gasteiger partial charge in [0.2, 0.25) is 0 Å². The van der Waals surface area contributed by atoms with Crippen LogP contribution in [0, 0.1) is 5.92 Å². The molecule has 1 aliphatic heterocycles. The molecule has 27 heavy (non-hydrogen) atoms. The number of nitrogens with two attached hydrogens (primary N) is 1. The molecule has 3 heterocycles. The Hall–Kier alpha value is -2.42. The highest BCUT2D eigenvalue weighted by Crippen LogP contribution is 2.33. The molecule has 0 radical (unpaired) electrons. The molecule has 3 rings (SSSR count). The number of piperidine rings is 1. The molecule has 2 aromatic rings. The maximum absolute atomic E-state index is 11.8. The molecule has 0 atom stereocenters. The fourth-order valence-electron chi connectivity index (χ4n) is 3.08. The lowest BCUT2D eigenvalue weighted by molar-refractivity contribution is 0.0516. The Morgan fingerprint density at radius 3 is 2.67 bits per heavy atom. The fourth-order valence-corrected chi connectivity index (χ4v) is 4.06. The summed E-state index contributed by atoms with van der Waals surface area (Å²) in [6.45, 7) is 7.81. The average Bonchev–Trinajstić information content (AvgIpc) is 3.03. The van der Waals surface area contributed by atoms with Gasteiger partial charge in [0.25, 0.3) is 5.91 Å². The van der Waals surface area contributed by atoms with Gasteiger partial charge in [-0.3, -0.25) is 4.79 Å². The monoisotopic (exact) mass is 391 g/mol. The highest BCUT2D eigenvalue weighted by Gasteiger charge is 2.24. The van der Waals surface area contributed by atoms with E-state index in [0.29, 0.717) is 17.3 Å². The van der Waals surface area contributed by atoms with E-state index in [1.807, 2.05) is 20.8 Å². The van der Waals surface area contributed by atoms with E-state index in [1.54, 1.807) is 6.07 Å². The van der Waals surface area contributed by atoms with Crippen molar-refractivity contribution in [3.63, 3.8) is 0 Å².